The van der Waals surface area contributed by atoms with Gasteiger partial charge in [0, 0.05) is 23.2 Å². The molecule has 1 aromatic heterocycles. The van der Waals surface area contributed by atoms with Crippen LogP contribution in [0, 0.1) is 12.7 Å². The molecular weight excluding hydrogens is 557 g/mol. The Morgan fingerprint density at radius 3 is 2.43 bits per heavy atom. The van der Waals surface area contributed by atoms with Crippen LogP contribution in [0.5, 0.6) is 0 Å². The lowest BCUT2D eigenvalue weighted by atomic mass is 9.88. The standard InChI is InChI=1S/C33H27ClFN3O4/c1-16-19(7-6-10-26(16)38-31(40)21-8-5-9-25(35)29(21)37(4)32(38)41)28-24(34)15-23(30(36)39)22-14-17-13-18(33(2,3)42)11-12-20(17)27(22)28/h5-13,15,42H,14H2,1-4H3,(H2,36,39). The Bertz CT molecular complexity index is 2120. The highest BCUT2D eigenvalue weighted by atomic mass is 35.5. The molecule has 212 valence electrons. The molecule has 9 heteroatoms. The molecule has 5 aromatic rings. The Hall–Kier alpha value is -4.53. The van der Waals surface area contributed by atoms with Crippen LogP contribution in [0.2, 0.25) is 5.02 Å². The molecule has 0 unspecified atom stereocenters. The van der Waals surface area contributed by atoms with E-state index in [1.54, 1.807) is 39.0 Å². The first-order chi connectivity index (χ1) is 19.8. The topological polar surface area (TPSA) is 107 Å². The second kappa shape index (κ2) is 9.51. The number of nitrogens with two attached hydrogens (primary N) is 1. The third-order valence-corrected chi connectivity index (χ3v) is 8.45. The van der Waals surface area contributed by atoms with Gasteiger partial charge in [0.25, 0.3) is 5.56 Å². The lowest BCUT2D eigenvalue weighted by Crippen LogP contribution is -2.38. The van der Waals surface area contributed by atoms with Gasteiger partial charge in [0.05, 0.1) is 22.2 Å². The summed E-state index contributed by atoms with van der Waals surface area (Å²) >= 11 is 6.89. The van der Waals surface area contributed by atoms with E-state index in [2.05, 4.69) is 0 Å². The molecule has 0 saturated carbocycles. The third-order valence-electron chi connectivity index (χ3n) is 8.15. The number of aryl methyl sites for hydroxylation is 1. The van der Waals surface area contributed by atoms with Gasteiger partial charge in [-0.25, -0.2) is 13.8 Å². The average molecular weight is 584 g/mol. The summed E-state index contributed by atoms with van der Waals surface area (Å²) in [7, 11) is 1.42. The van der Waals surface area contributed by atoms with Gasteiger partial charge < -0.3 is 10.8 Å². The van der Waals surface area contributed by atoms with E-state index in [0.717, 1.165) is 31.4 Å². The molecule has 0 spiro atoms. The Labute approximate surface area is 245 Å². The zero-order valence-electron chi connectivity index (χ0n) is 23.4. The van der Waals surface area contributed by atoms with E-state index < -0.39 is 28.6 Å². The van der Waals surface area contributed by atoms with Gasteiger partial charge in [-0.2, -0.15) is 0 Å². The predicted octanol–water partition coefficient (Wildman–Crippen LogP) is 5.35. The molecule has 1 amide bonds. The molecule has 1 heterocycles. The van der Waals surface area contributed by atoms with Gasteiger partial charge in [0.1, 0.15) is 5.82 Å². The zero-order chi connectivity index (χ0) is 30.2. The Morgan fingerprint density at radius 1 is 1.02 bits per heavy atom. The molecule has 0 fully saturated rings. The van der Waals surface area contributed by atoms with Crippen LogP contribution in [0.25, 0.3) is 38.8 Å². The maximum atomic E-state index is 14.6. The molecule has 0 atom stereocenters. The molecule has 4 aromatic carbocycles. The Balaban J connectivity index is 1.65. The van der Waals surface area contributed by atoms with Crippen molar-refractivity contribution in [1.29, 1.82) is 0 Å². The minimum absolute atomic E-state index is 0.0671. The van der Waals surface area contributed by atoms with E-state index in [1.807, 2.05) is 24.3 Å². The fourth-order valence-electron chi connectivity index (χ4n) is 6.04. The van der Waals surface area contributed by atoms with Crippen molar-refractivity contribution < 1.29 is 14.3 Å². The summed E-state index contributed by atoms with van der Waals surface area (Å²) in [6, 6.07) is 16.5. The van der Waals surface area contributed by atoms with Crippen LogP contribution in [0.3, 0.4) is 0 Å². The number of benzene rings is 4. The molecule has 1 aliphatic carbocycles. The lowest BCUT2D eigenvalue weighted by molar-refractivity contribution is 0.0785. The minimum Gasteiger partial charge on any atom is -0.386 e. The molecule has 0 bridgehead atoms. The van der Waals surface area contributed by atoms with Crippen LogP contribution in [-0.2, 0) is 19.1 Å². The summed E-state index contributed by atoms with van der Waals surface area (Å²) in [5.74, 6) is -1.27. The third kappa shape index (κ3) is 4.01. The second-order valence-corrected chi connectivity index (χ2v) is 11.6. The van der Waals surface area contributed by atoms with Crippen LogP contribution in [0.4, 0.5) is 4.39 Å². The largest absolute Gasteiger partial charge is 0.386 e. The number of fused-ring (bicyclic) bond motifs is 4. The molecule has 7 nitrogen and oxygen atoms in total. The maximum Gasteiger partial charge on any atom is 0.335 e. The van der Waals surface area contributed by atoms with Crippen molar-refractivity contribution >= 4 is 28.4 Å². The normalized spacial score (nSPS) is 12.5. The smallest absolute Gasteiger partial charge is 0.335 e. The Kier molecular flexibility index (Phi) is 6.25. The second-order valence-electron chi connectivity index (χ2n) is 11.2. The molecule has 0 saturated heterocycles. The number of aliphatic hydroxyl groups is 1. The number of rotatable bonds is 4. The molecule has 42 heavy (non-hydrogen) atoms. The van der Waals surface area contributed by atoms with Crippen LogP contribution >= 0.6 is 11.6 Å². The number of carbonyl (C=O) groups excluding carboxylic acids is 1. The highest BCUT2D eigenvalue weighted by molar-refractivity contribution is 6.35. The first-order valence-corrected chi connectivity index (χ1v) is 13.7. The maximum absolute atomic E-state index is 14.6. The van der Waals surface area contributed by atoms with E-state index in [-0.39, 0.29) is 15.9 Å². The minimum atomic E-state index is -1.07. The molecule has 0 aliphatic heterocycles. The first kappa shape index (κ1) is 27.6. The molecule has 3 N–H and O–H groups in total. The van der Waals surface area contributed by atoms with Crippen molar-refractivity contribution in [2.75, 3.05) is 0 Å². The number of amides is 1. The van der Waals surface area contributed by atoms with Crippen molar-refractivity contribution in [2.45, 2.75) is 32.8 Å². The van der Waals surface area contributed by atoms with Crippen molar-refractivity contribution in [2.24, 2.45) is 12.8 Å². The van der Waals surface area contributed by atoms with Crippen molar-refractivity contribution in [1.82, 2.24) is 9.13 Å². The number of hydrogen-bond donors (Lipinski definition) is 2. The number of nitrogens with zero attached hydrogens (tertiary/aromatic N) is 2. The van der Waals surface area contributed by atoms with Gasteiger partial charge in [0.2, 0.25) is 5.91 Å². The van der Waals surface area contributed by atoms with Crippen LogP contribution in [0.1, 0.15) is 46.5 Å². The highest BCUT2D eigenvalue weighted by Crippen LogP contribution is 2.49. The number of aromatic nitrogens is 2. The summed E-state index contributed by atoms with van der Waals surface area (Å²) in [4.78, 5) is 39.6. The summed E-state index contributed by atoms with van der Waals surface area (Å²) in [6.45, 7) is 5.19. The van der Waals surface area contributed by atoms with Crippen LogP contribution in [-0.4, -0.2) is 20.1 Å². The number of primary amides is 1. The quantitative estimate of drug-likeness (QED) is 0.291. The van der Waals surface area contributed by atoms with E-state index >= 15 is 0 Å². The van der Waals surface area contributed by atoms with Gasteiger partial charge in [-0.15, -0.1) is 0 Å². The number of halogens is 2. The summed E-state index contributed by atoms with van der Waals surface area (Å²) in [5, 5.41) is 11.0. The van der Waals surface area contributed by atoms with Crippen LogP contribution < -0.4 is 17.0 Å². The van der Waals surface area contributed by atoms with Crippen molar-refractivity contribution in [3.05, 3.63) is 120 Å². The van der Waals surface area contributed by atoms with Crippen molar-refractivity contribution in [3.63, 3.8) is 0 Å². The van der Waals surface area contributed by atoms with Crippen molar-refractivity contribution in [3.8, 4) is 27.9 Å². The van der Waals surface area contributed by atoms with Gasteiger partial charge in [-0.3, -0.25) is 14.2 Å². The number of para-hydroxylation sites is 1. The van der Waals surface area contributed by atoms with E-state index in [4.69, 9.17) is 17.3 Å². The summed E-state index contributed by atoms with van der Waals surface area (Å²) < 4.78 is 16.8. The van der Waals surface area contributed by atoms with Gasteiger partial charge >= 0.3 is 5.69 Å². The molecule has 6 rings (SSSR count). The molecular formula is C33H27ClFN3O4. The predicted molar refractivity (Wildman–Crippen MR) is 162 cm³/mol. The number of carbonyl (C=O) groups is 1. The van der Waals surface area contributed by atoms with Gasteiger partial charge in [-0.05, 0) is 90.4 Å². The highest BCUT2D eigenvalue weighted by Gasteiger charge is 2.31. The average Bonchev–Trinajstić information content (AvgIpc) is 3.30. The summed E-state index contributed by atoms with van der Waals surface area (Å²) in [6.07, 6.45) is 0.409. The Morgan fingerprint density at radius 2 is 1.74 bits per heavy atom. The van der Waals surface area contributed by atoms with Gasteiger partial charge in [-0.1, -0.05) is 48.0 Å². The number of hydrogen-bond acceptors (Lipinski definition) is 4. The zero-order valence-corrected chi connectivity index (χ0v) is 24.1. The summed E-state index contributed by atoms with van der Waals surface area (Å²) in [5.41, 5.74) is 9.72. The van der Waals surface area contributed by atoms with E-state index in [0.29, 0.717) is 39.9 Å². The van der Waals surface area contributed by atoms with E-state index in [1.165, 1.54) is 25.2 Å². The SMILES string of the molecule is Cc1c(-c2c(Cl)cc(C(N)=O)c3c2-c2ccc(C(C)(C)O)cc2C3)cccc1-n1c(=O)c2cccc(F)c2n(C)c1=O. The van der Waals surface area contributed by atoms with E-state index in [9.17, 15) is 23.9 Å². The molecule has 1 aliphatic rings. The van der Waals surface area contributed by atoms with Crippen LogP contribution in [0.15, 0.2) is 70.3 Å². The fraction of sp³-hybridized carbons (Fsp3) is 0.182. The lowest BCUT2D eigenvalue weighted by Gasteiger charge is -2.20. The van der Waals surface area contributed by atoms with Gasteiger partial charge in [0.15, 0.2) is 0 Å². The fourth-order valence-corrected chi connectivity index (χ4v) is 6.35. The first-order valence-electron chi connectivity index (χ1n) is 13.3. The monoisotopic (exact) mass is 583 g/mol. The molecule has 0 radical (unpaired) electrons.